The number of imidazole rings is 1. The smallest absolute Gasteiger partial charge is 0.0921 e. The van der Waals surface area contributed by atoms with Gasteiger partial charge in [0.15, 0.2) is 0 Å². The number of aromatic nitrogens is 2. The summed E-state index contributed by atoms with van der Waals surface area (Å²) in [7, 11) is 0. The molecular formula is C16H21N3. The summed E-state index contributed by atoms with van der Waals surface area (Å²) in [5.41, 5.74) is 2.75. The molecule has 3 heteroatoms. The first-order chi connectivity index (χ1) is 9.42. The number of hydrogen-bond donors (Lipinski definition) is 1. The molecule has 1 fully saturated rings. The summed E-state index contributed by atoms with van der Waals surface area (Å²) in [5, 5.41) is 0. The van der Waals surface area contributed by atoms with E-state index in [4.69, 9.17) is 0 Å². The molecule has 0 atom stereocenters. The van der Waals surface area contributed by atoms with Gasteiger partial charge in [-0.05, 0) is 37.9 Å². The van der Waals surface area contributed by atoms with Crippen LogP contribution in [0.5, 0.6) is 0 Å². The predicted molar refractivity (Wildman–Crippen MR) is 77.1 cm³/mol. The molecular weight excluding hydrogens is 234 g/mol. The first-order valence-corrected chi connectivity index (χ1v) is 7.16. The summed E-state index contributed by atoms with van der Waals surface area (Å²) in [4.78, 5) is 9.96. The second-order valence-electron chi connectivity index (χ2n) is 5.36. The number of H-pyrrole nitrogens is 1. The van der Waals surface area contributed by atoms with Crippen LogP contribution >= 0.6 is 0 Å². The van der Waals surface area contributed by atoms with Crippen molar-refractivity contribution in [2.24, 2.45) is 0 Å². The van der Waals surface area contributed by atoms with Crippen molar-refractivity contribution >= 4 is 0 Å². The van der Waals surface area contributed by atoms with Gasteiger partial charge in [-0.25, -0.2) is 4.98 Å². The maximum Gasteiger partial charge on any atom is 0.0921 e. The van der Waals surface area contributed by atoms with E-state index in [1.165, 1.54) is 43.7 Å². The molecule has 1 aromatic heterocycles. The Balaban J connectivity index is 1.46. The van der Waals surface area contributed by atoms with Crippen LogP contribution in [0.4, 0.5) is 0 Å². The molecule has 1 saturated heterocycles. The third-order valence-electron chi connectivity index (χ3n) is 4.11. The minimum Gasteiger partial charge on any atom is -0.348 e. The van der Waals surface area contributed by atoms with Crippen LogP contribution in [0.15, 0.2) is 42.9 Å². The van der Waals surface area contributed by atoms with Crippen molar-refractivity contribution in [3.63, 3.8) is 0 Å². The van der Waals surface area contributed by atoms with Crippen LogP contribution in [-0.4, -0.2) is 34.5 Å². The second kappa shape index (κ2) is 6.02. The minimum absolute atomic E-state index is 0.676. The van der Waals surface area contributed by atoms with Gasteiger partial charge in [0.05, 0.1) is 6.33 Å². The molecule has 2 aromatic rings. The van der Waals surface area contributed by atoms with E-state index in [0.29, 0.717) is 5.92 Å². The van der Waals surface area contributed by atoms with Crippen LogP contribution in [0.1, 0.15) is 30.0 Å². The molecule has 3 nitrogen and oxygen atoms in total. The fraction of sp³-hybridized carbons (Fsp3) is 0.438. The molecule has 1 aliphatic rings. The third kappa shape index (κ3) is 3.24. The van der Waals surface area contributed by atoms with E-state index in [1.807, 2.05) is 6.20 Å². The molecule has 0 bridgehead atoms. The van der Waals surface area contributed by atoms with Crippen LogP contribution in [-0.2, 0) is 6.42 Å². The van der Waals surface area contributed by atoms with Crippen LogP contribution in [0.25, 0.3) is 0 Å². The highest BCUT2D eigenvalue weighted by Gasteiger charge is 2.20. The normalized spacial score (nSPS) is 17.7. The van der Waals surface area contributed by atoms with Crippen molar-refractivity contribution in [1.29, 1.82) is 0 Å². The van der Waals surface area contributed by atoms with Gasteiger partial charge in [0.25, 0.3) is 0 Å². The Kier molecular flexibility index (Phi) is 3.94. The summed E-state index contributed by atoms with van der Waals surface area (Å²) in [6.45, 7) is 3.59. The van der Waals surface area contributed by atoms with E-state index in [-0.39, 0.29) is 0 Å². The number of hydrogen-bond acceptors (Lipinski definition) is 2. The summed E-state index contributed by atoms with van der Waals surface area (Å²) in [6, 6.07) is 10.8. The van der Waals surface area contributed by atoms with Crippen molar-refractivity contribution in [2.75, 3.05) is 19.6 Å². The van der Waals surface area contributed by atoms with Gasteiger partial charge in [-0.2, -0.15) is 0 Å². The van der Waals surface area contributed by atoms with Crippen LogP contribution < -0.4 is 0 Å². The molecule has 100 valence electrons. The molecule has 1 aliphatic heterocycles. The maximum atomic E-state index is 4.12. The van der Waals surface area contributed by atoms with Gasteiger partial charge in [0.2, 0.25) is 0 Å². The van der Waals surface area contributed by atoms with E-state index in [1.54, 1.807) is 6.33 Å². The monoisotopic (exact) mass is 255 g/mol. The summed E-state index contributed by atoms with van der Waals surface area (Å²) in [6.07, 6.45) is 7.42. The molecule has 19 heavy (non-hydrogen) atoms. The number of aromatic amines is 1. The first kappa shape index (κ1) is 12.4. The van der Waals surface area contributed by atoms with Gasteiger partial charge in [-0.1, -0.05) is 30.3 Å². The van der Waals surface area contributed by atoms with Gasteiger partial charge < -0.3 is 9.88 Å². The number of rotatable bonds is 4. The molecule has 0 radical (unpaired) electrons. The van der Waals surface area contributed by atoms with Gasteiger partial charge in [0.1, 0.15) is 0 Å². The number of nitrogens with one attached hydrogen (secondary N) is 1. The van der Waals surface area contributed by atoms with Crippen molar-refractivity contribution in [2.45, 2.75) is 25.2 Å². The topological polar surface area (TPSA) is 31.9 Å². The molecule has 1 aromatic carbocycles. The zero-order valence-corrected chi connectivity index (χ0v) is 11.3. The summed E-state index contributed by atoms with van der Waals surface area (Å²) < 4.78 is 0. The van der Waals surface area contributed by atoms with E-state index >= 15 is 0 Å². The lowest BCUT2D eigenvalue weighted by Crippen LogP contribution is -2.34. The summed E-state index contributed by atoms with van der Waals surface area (Å²) >= 11 is 0. The standard InChI is InChI=1S/C16H21N3/c1-2-4-14(5-3-1)6-9-19-10-7-15(8-11-19)16-12-17-13-18-16/h1-5,12-13,15H,6-11H2,(H,17,18). The molecule has 0 spiro atoms. The Morgan fingerprint density at radius 3 is 2.63 bits per heavy atom. The highest BCUT2D eigenvalue weighted by atomic mass is 15.1. The maximum absolute atomic E-state index is 4.12. The van der Waals surface area contributed by atoms with E-state index in [2.05, 4.69) is 45.2 Å². The number of piperidine rings is 1. The van der Waals surface area contributed by atoms with Gasteiger partial charge >= 0.3 is 0 Å². The Labute approximate surface area is 114 Å². The SMILES string of the molecule is c1ccc(CCN2CCC(c3cnc[nH]3)CC2)cc1. The number of nitrogens with zero attached hydrogens (tertiary/aromatic N) is 2. The Morgan fingerprint density at radius 1 is 1.16 bits per heavy atom. The fourth-order valence-corrected chi connectivity index (χ4v) is 2.89. The average Bonchev–Trinajstić information content (AvgIpc) is 3.01. The lowest BCUT2D eigenvalue weighted by Gasteiger charge is -2.31. The van der Waals surface area contributed by atoms with E-state index in [9.17, 15) is 0 Å². The molecule has 0 unspecified atom stereocenters. The highest BCUT2D eigenvalue weighted by Crippen LogP contribution is 2.26. The van der Waals surface area contributed by atoms with E-state index < -0.39 is 0 Å². The number of benzene rings is 1. The quantitative estimate of drug-likeness (QED) is 0.911. The molecule has 1 N–H and O–H groups in total. The Hall–Kier alpha value is -1.61. The lowest BCUT2D eigenvalue weighted by molar-refractivity contribution is 0.213. The average molecular weight is 255 g/mol. The van der Waals surface area contributed by atoms with E-state index in [0.717, 1.165) is 6.42 Å². The van der Waals surface area contributed by atoms with Gasteiger partial charge in [-0.3, -0.25) is 0 Å². The largest absolute Gasteiger partial charge is 0.348 e. The van der Waals surface area contributed by atoms with Crippen molar-refractivity contribution in [1.82, 2.24) is 14.9 Å². The molecule has 2 heterocycles. The van der Waals surface area contributed by atoms with Crippen molar-refractivity contribution < 1.29 is 0 Å². The van der Waals surface area contributed by atoms with Crippen molar-refractivity contribution in [3.05, 3.63) is 54.1 Å². The Bertz CT molecular complexity index is 470. The zero-order chi connectivity index (χ0) is 12.9. The lowest BCUT2D eigenvalue weighted by atomic mass is 9.94. The minimum atomic E-state index is 0.676. The molecule has 0 saturated carbocycles. The first-order valence-electron chi connectivity index (χ1n) is 7.16. The predicted octanol–water partition coefficient (Wildman–Crippen LogP) is 2.83. The second-order valence-corrected chi connectivity index (χ2v) is 5.36. The zero-order valence-electron chi connectivity index (χ0n) is 11.3. The fourth-order valence-electron chi connectivity index (χ4n) is 2.89. The summed E-state index contributed by atoms with van der Waals surface area (Å²) in [5.74, 6) is 0.676. The third-order valence-corrected chi connectivity index (χ3v) is 4.11. The Morgan fingerprint density at radius 2 is 1.95 bits per heavy atom. The number of likely N-dealkylation sites (tertiary alicyclic amines) is 1. The van der Waals surface area contributed by atoms with Crippen LogP contribution in [0.3, 0.4) is 0 Å². The van der Waals surface area contributed by atoms with Gasteiger partial charge in [0, 0.05) is 24.4 Å². The molecule has 3 rings (SSSR count). The van der Waals surface area contributed by atoms with Crippen LogP contribution in [0, 0.1) is 0 Å². The molecule has 0 aliphatic carbocycles. The molecule has 0 amide bonds. The highest BCUT2D eigenvalue weighted by molar-refractivity contribution is 5.15. The van der Waals surface area contributed by atoms with Gasteiger partial charge in [-0.15, -0.1) is 0 Å². The van der Waals surface area contributed by atoms with Crippen LogP contribution in [0.2, 0.25) is 0 Å². The van der Waals surface area contributed by atoms with Crippen molar-refractivity contribution in [3.8, 4) is 0 Å².